The van der Waals surface area contributed by atoms with Crippen LogP contribution in [-0.2, 0) is 0 Å². The van der Waals surface area contributed by atoms with Gasteiger partial charge in [-0.15, -0.1) is 0 Å². The maximum Gasteiger partial charge on any atom is 0.315 e. The molecule has 2 atom stereocenters. The van der Waals surface area contributed by atoms with Gasteiger partial charge < -0.3 is 20.2 Å². The second-order valence-corrected chi connectivity index (χ2v) is 4.86. The van der Waals surface area contributed by atoms with Crippen LogP contribution in [0.1, 0.15) is 25.2 Å². The molecule has 0 aliphatic heterocycles. The Morgan fingerprint density at radius 2 is 2.39 bits per heavy atom. The fraction of sp³-hybridized carbons (Fsp3) is 0.583. The Balaban J connectivity index is 2.28. The summed E-state index contributed by atoms with van der Waals surface area (Å²) < 4.78 is 5.04. The summed E-state index contributed by atoms with van der Waals surface area (Å²) in [6, 6.07) is 3.26. The Kier molecular flexibility index (Phi) is 6.67. The predicted octanol–water partition coefficient (Wildman–Crippen LogP) is 1.75. The number of hydrogen-bond acceptors (Lipinski definition) is 4. The van der Waals surface area contributed by atoms with Gasteiger partial charge in [0.1, 0.15) is 11.9 Å². The summed E-state index contributed by atoms with van der Waals surface area (Å²) in [5.74, 6) is 1.33. The van der Waals surface area contributed by atoms with Crippen LogP contribution in [0.25, 0.3) is 0 Å². The number of carbonyl (C=O) groups excluding carboxylic acids is 1. The molecule has 0 bridgehead atoms. The largest absolute Gasteiger partial charge is 0.467 e. The van der Waals surface area contributed by atoms with Crippen LogP contribution < -0.4 is 10.6 Å². The van der Waals surface area contributed by atoms with E-state index in [4.69, 9.17) is 4.42 Å². The summed E-state index contributed by atoms with van der Waals surface area (Å²) >= 11 is 1.69. The molecule has 0 spiro atoms. The van der Waals surface area contributed by atoms with Crippen molar-refractivity contribution in [3.05, 3.63) is 24.2 Å². The van der Waals surface area contributed by atoms with Crippen LogP contribution in [0.15, 0.2) is 22.8 Å². The number of rotatable bonds is 7. The molecule has 1 heterocycles. The van der Waals surface area contributed by atoms with Crippen molar-refractivity contribution in [1.82, 2.24) is 10.6 Å². The van der Waals surface area contributed by atoms with Gasteiger partial charge in [-0.05, 0) is 24.8 Å². The van der Waals surface area contributed by atoms with Crippen molar-refractivity contribution < 1.29 is 14.3 Å². The number of nitrogens with one attached hydrogen (secondary N) is 2. The molecule has 6 heteroatoms. The molecule has 0 saturated carbocycles. The summed E-state index contributed by atoms with van der Waals surface area (Å²) in [5, 5.41) is 15.2. The number of urea groups is 1. The molecule has 2 unspecified atom stereocenters. The number of carbonyl (C=O) groups is 1. The number of aliphatic hydroxyl groups excluding tert-OH is 1. The van der Waals surface area contributed by atoms with Crippen molar-refractivity contribution in [2.75, 3.05) is 18.6 Å². The van der Waals surface area contributed by atoms with E-state index in [0.717, 1.165) is 12.2 Å². The van der Waals surface area contributed by atoms with E-state index in [0.29, 0.717) is 5.76 Å². The van der Waals surface area contributed by atoms with E-state index in [1.54, 1.807) is 23.9 Å². The normalized spacial score (nSPS) is 13.9. The lowest BCUT2D eigenvalue weighted by molar-refractivity contribution is 0.147. The van der Waals surface area contributed by atoms with Crippen molar-refractivity contribution in [2.45, 2.75) is 25.5 Å². The van der Waals surface area contributed by atoms with Gasteiger partial charge in [0.15, 0.2) is 0 Å². The molecular weight excluding hydrogens is 252 g/mol. The highest BCUT2D eigenvalue weighted by atomic mass is 32.2. The second-order valence-electron chi connectivity index (χ2n) is 3.95. The monoisotopic (exact) mass is 272 g/mol. The first-order valence-electron chi connectivity index (χ1n) is 5.92. The Labute approximate surface area is 111 Å². The van der Waals surface area contributed by atoms with Crippen molar-refractivity contribution in [1.29, 1.82) is 0 Å². The topological polar surface area (TPSA) is 74.5 Å². The molecule has 0 aromatic carbocycles. The molecule has 102 valence electrons. The fourth-order valence-electron chi connectivity index (χ4n) is 1.47. The van der Waals surface area contributed by atoms with Gasteiger partial charge >= 0.3 is 6.03 Å². The van der Waals surface area contributed by atoms with Gasteiger partial charge in [0, 0.05) is 11.8 Å². The van der Waals surface area contributed by atoms with Gasteiger partial charge in [0.05, 0.1) is 12.8 Å². The zero-order chi connectivity index (χ0) is 13.4. The molecule has 1 aromatic heterocycles. The van der Waals surface area contributed by atoms with Crippen LogP contribution >= 0.6 is 11.8 Å². The van der Waals surface area contributed by atoms with Crippen LogP contribution in [0, 0.1) is 0 Å². The molecule has 18 heavy (non-hydrogen) atoms. The van der Waals surface area contributed by atoms with Gasteiger partial charge in [-0.1, -0.05) is 6.92 Å². The molecule has 0 saturated heterocycles. The van der Waals surface area contributed by atoms with Crippen molar-refractivity contribution >= 4 is 17.8 Å². The molecule has 1 rings (SSSR count). The van der Waals surface area contributed by atoms with E-state index in [-0.39, 0.29) is 18.6 Å². The van der Waals surface area contributed by atoms with E-state index in [9.17, 15) is 9.90 Å². The summed E-state index contributed by atoms with van der Waals surface area (Å²) in [7, 11) is 0. The van der Waals surface area contributed by atoms with Crippen molar-refractivity contribution in [3.8, 4) is 0 Å². The number of hydrogen-bond donors (Lipinski definition) is 3. The highest BCUT2D eigenvalue weighted by molar-refractivity contribution is 7.98. The minimum atomic E-state index is -0.814. The molecule has 3 N–H and O–H groups in total. The van der Waals surface area contributed by atoms with Gasteiger partial charge in [-0.2, -0.15) is 11.8 Å². The van der Waals surface area contributed by atoms with E-state index in [1.807, 2.05) is 13.2 Å². The van der Waals surface area contributed by atoms with Gasteiger partial charge in [0.2, 0.25) is 0 Å². The SMILES string of the molecule is CCC(CSC)NC(=O)NCC(O)c1ccco1. The Hall–Kier alpha value is -1.14. The van der Waals surface area contributed by atoms with Crippen LogP contribution in [0.3, 0.4) is 0 Å². The molecular formula is C12H20N2O3S. The predicted molar refractivity (Wildman–Crippen MR) is 72.7 cm³/mol. The maximum absolute atomic E-state index is 11.6. The molecule has 5 nitrogen and oxygen atoms in total. The third-order valence-electron chi connectivity index (χ3n) is 2.52. The van der Waals surface area contributed by atoms with Crippen molar-refractivity contribution in [2.24, 2.45) is 0 Å². The van der Waals surface area contributed by atoms with Crippen LogP contribution in [0.5, 0.6) is 0 Å². The van der Waals surface area contributed by atoms with E-state index in [2.05, 4.69) is 10.6 Å². The number of amides is 2. The molecule has 0 aliphatic carbocycles. The minimum Gasteiger partial charge on any atom is -0.467 e. The third kappa shape index (κ3) is 5.01. The first-order chi connectivity index (χ1) is 8.67. The number of aliphatic hydroxyl groups is 1. The first-order valence-corrected chi connectivity index (χ1v) is 7.31. The lowest BCUT2D eigenvalue weighted by atomic mass is 10.2. The highest BCUT2D eigenvalue weighted by Gasteiger charge is 2.13. The highest BCUT2D eigenvalue weighted by Crippen LogP contribution is 2.11. The quantitative estimate of drug-likeness (QED) is 0.707. The number of furan rings is 1. The first kappa shape index (κ1) is 14.9. The van der Waals surface area contributed by atoms with E-state index < -0.39 is 6.10 Å². The van der Waals surface area contributed by atoms with E-state index in [1.165, 1.54) is 6.26 Å². The summed E-state index contributed by atoms with van der Waals surface area (Å²) in [4.78, 5) is 11.6. The molecule has 1 aromatic rings. The Bertz CT molecular complexity index is 343. The zero-order valence-corrected chi connectivity index (χ0v) is 11.5. The lowest BCUT2D eigenvalue weighted by Gasteiger charge is -2.17. The lowest BCUT2D eigenvalue weighted by Crippen LogP contribution is -2.44. The summed E-state index contributed by atoms with van der Waals surface area (Å²) in [5.41, 5.74) is 0. The van der Waals surface area contributed by atoms with Crippen LogP contribution in [0.4, 0.5) is 4.79 Å². The van der Waals surface area contributed by atoms with E-state index >= 15 is 0 Å². The minimum absolute atomic E-state index is 0.134. The Morgan fingerprint density at radius 3 is 2.94 bits per heavy atom. The third-order valence-corrected chi connectivity index (χ3v) is 3.26. The molecule has 0 radical (unpaired) electrons. The average molecular weight is 272 g/mol. The van der Waals surface area contributed by atoms with Gasteiger partial charge in [-0.3, -0.25) is 0 Å². The number of thioether (sulfide) groups is 1. The Morgan fingerprint density at radius 1 is 1.61 bits per heavy atom. The zero-order valence-electron chi connectivity index (χ0n) is 10.7. The fourth-order valence-corrected chi connectivity index (χ4v) is 2.19. The molecule has 2 amide bonds. The standard InChI is InChI=1S/C12H20N2O3S/c1-3-9(8-18-2)14-12(16)13-7-10(15)11-5-4-6-17-11/h4-6,9-10,15H,3,7-8H2,1-2H3,(H2,13,14,16). The average Bonchev–Trinajstić information content (AvgIpc) is 2.89. The van der Waals surface area contributed by atoms with Crippen LogP contribution in [-0.4, -0.2) is 35.7 Å². The molecule has 0 aliphatic rings. The summed E-state index contributed by atoms with van der Waals surface area (Å²) in [6.07, 6.45) is 3.56. The van der Waals surface area contributed by atoms with Crippen molar-refractivity contribution in [3.63, 3.8) is 0 Å². The van der Waals surface area contributed by atoms with Gasteiger partial charge in [0.25, 0.3) is 0 Å². The summed E-state index contributed by atoms with van der Waals surface area (Å²) in [6.45, 7) is 2.16. The van der Waals surface area contributed by atoms with Gasteiger partial charge in [-0.25, -0.2) is 4.79 Å². The maximum atomic E-state index is 11.6. The second kappa shape index (κ2) is 8.05. The molecule has 0 fully saturated rings. The van der Waals surface area contributed by atoms with Crippen LogP contribution in [0.2, 0.25) is 0 Å². The smallest absolute Gasteiger partial charge is 0.315 e.